The van der Waals surface area contributed by atoms with Crippen LogP contribution in [0.3, 0.4) is 0 Å². The van der Waals surface area contributed by atoms with Crippen molar-refractivity contribution in [2.75, 3.05) is 0 Å². The Morgan fingerprint density at radius 2 is 1.45 bits per heavy atom. The summed E-state index contributed by atoms with van der Waals surface area (Å²) in [6.45, 7) is 6.88. The van der Waals surface area contributed by atoms with Crippen molar-refractivity contribution >= 4 is 6.34 Å². The standard InChI is InChI=1S/C12H14N2O.C10H16N4/c1-3-9-5-7-10(8-6-9)12-13-11(4-2)15-14-12;1-2-9-3-5-10(6-4-9)7-14(12)8-13-11/h5-8H,3-4H2,1-2H3;3-6,8H,2,7,11-12H2,1H3/b;13-8-. The minimum Gasteiger partial charge on any atom is -0.339 e. The summed E-state index contributed by atoms with van der Waals surface area (Å²) in [6, 6.07) is 16.6. The molecule has 0 saturated carbocycles. The molecule has 1 aromatic heterocycles. The zero-order valence-corrected chi connectivity index (χ0v) is 17.4. The molecule has 0 amide bonds. The zero-order chi connectivity index (χ0) is 21.1. The van der Waals surface area contributed by atoms with Gasteiger partial charge in [0, 0.05) is 12.0 Å². The van der Waals surface area contributed by atoms with Crippen molar-refractivity contribution in [3.05, 3.63) is 71.1 Å². The van der Waals surface area contributed by atoms with Gasteiger partial charge >= 0.3 is 0 Å². The Balaban J connectivity index is 0.000000208. The summed E-state index contributed by atoms with van der Waals surface area (Å²) in [4.78, 5) is 4.28. The highest BCUT2D eigenvalue weighted by Crippen LogP contribution is 2.16. The van der Waals surface area contributed by atoms with Crippen LogP contribution in [0.2, 0.25) is 0 Å². The molecule has 4 N–H and O–H groups in total. The van der Waals surface area contributed by atoms with E-state index in [2.05, 4.69) is 65.5 Å². The second kappa shape index (κ2) is 11.6. The predicted octanol–water partition coefficient (Wildman–Crippen LogP) is 3.69. The minimum atomic E-state index is 0.616. The molecule has 2 aromatic carbocycles. The molecule has 7 heteroatoms. The Labute approximate surface area is 172 Å². The van der Waals surface area contributed by atoms with E-state index in [-0.39, 0.29) is 0 Å². The molecule has 1 heterocycles. The first-order chi connectivity index (χ1) is 14.1. The smallest absolute Gasteiger partial charge is 0.226 e. The van der Waals surface area contributed by atoms with Gasteiger partial charge in [-0.05, 0) is 29.5 Å². The summed E-state index contributed by atoms with van der Waals surface area (Å²) < 4.78 is 5.06. The van der Waals surface area contributed by atoms with Crippen LogP contribution in [0.25, 0.3) is 11.4 Å². The van der Waals surface area contributed by atoms with Gasteiger partial charge in [-0.25, -0.2) is 5.84 Å². The normalized spacial score (nSPS) is 10.6. The third-order valence-electron chi connectivity index (χ3n) is 4.40. The zero-order valence-electron chi connectivity index (χ0n) is 17.4. The first-order valence-corrected chi connectivity index (χ1v) is 9.83. The molecule has 0 saturated heterocycles. The van der Waals surface area contributed by atoms with E-state index in [1.54, 1.807) is 0 Å². The Bertz CT molecular complexity index is 871. The number of hydrazone groups is 1. The predicted molar refractivity (Wildman–Crippen MR) is 117 cm³/mol. The molecular formula is C22H30N6O. The lowest BCUT2D eigenvalue weighted by molar-refractivity contribution is 0.383. The van der Waals surface area contributed by atoms with E-state index in [9.17, 15) is 0 Å². The lowest BCUT2D eigenvalue weighted by Gasteiger charge is -2.11. The van der Waals surface area contributed by atoms with Crippen molar-refractivity contribution < 1.29 is 4.52 Å². The van der Waals surface area contributed by atoms with Gasteiger partial charge in [0.15, 0.2) is 0 Å². The van der Waals surface area contributed by atoms with Crippen LogP contribution in [0, 0.1) is 0 Å². The SMILES string of the molecule is CCc1ccc(-c2noc(CC)n2)cc1.CCc1ccc(CN(N)/C=N\N)cc1. The number of hydrogen-bond donors (Lipinski definition) is 2. The number of hydrazine groups is 1. The molecule has 154 valence electrons. The molecule has 0 atom stereocenters. The number of aromatic nitrogens is 2. The summed E-state index contributed by atoms with van der Waals surface area (Å²) in [5.74, 6) is 11.9. The van der Waals surface area contributed by atoms with E-state index in [4.69, 9.17) is 16.2 Å². The molecule has 0 aliphatic carbocycles. The number of hydrogen-bond acceptors (Lipinski definition) is 6. The molecule has 0 radical (unpaired) electrons. The second-order valence-corrected chi connectivity index (χ2v) is 6.52. The fourth-order valence-corrected chi connectivity index (χ4v) is 2.62. The average molecular weight is 395 g/mol. The number of nitrogens with zero attached hydrogens (tertiary/aromatic N) is 4. The minimum absolute atomic E-state index is 0.616. The first-order valence-electron chi connectivity index (χ1n) is 9.83. The van der Waals surface area contributed by atoms with Crippen molar-refractivity contribution in [2.24, 2.45) is 16.8 Å². The highest BCUT2D eigenvalue weighted by Gasteiger charge is 2.06. The lowest BCUT2D eigenvalue weighted by Crippen LogP contribution is -2.29. The molecule has 0 aliphatic heterocycles. The summed E-state index contributed by atoms with van der Waals surface area (Å²) in [6.07, 6.45) is 4.28. The summed E-state index contributed by atoms with van der Waals surface area (Å²) in [7, 11) is 0. The maximum absolute atomic E-state index is 5.59. The van der Waals surface area contributed by atoms with Gasteiger partial charge in [0.1, 0.15) is 6.34 Å². The molecule has 0 spiro atoms. The summed E-state index contributed by atoms with van der Waals surface area (Å²) in [5, 5.41) is 8.71. The van der Waals surface area contributed by atoms with Gasteiger partial charge in [-0.2, -0.15) is 10.1 Å². The highest BCUT2D eigenvalue weighted by molar-refractivity contribution is 5.54. The molecular weight excluding hydrogens is 364 g/mol. The topological polar surface area (TPSA) is 107 Å². The van der Waals surface area contributed by atoms with E-state index in [0.29, 0.717) is 18.3 Å². The second-order valence-electron chi connectivity index (χ2n) is 6.52. The van der Waals surface area contributed by atoms with E-state index in [0.717, 1.165) is 30.4 Å². The summed E-state index contributed by atoms with van der Waals surface area (Å²) >= 11 is 0. The van der Waals surface area contributed by atoms with Crippen LogP contribution < -0.4 is 11.7 Å². The largest absolute Gasteiger partial charge is 0.339 e. The fraction of sp³-hybridized carbons (Fsp3) is 0.318. The van der Waals surface area contributed by atoms with Crippen LogP contribution in [0.4, 0.5) is 0 Å². The van der Waals surface area contributed by atoms with E-state index < -0.39 is 0 Å². The average Bonchev–Trinajstić information content (AvgIpc) is 3.24. The fourth-order valence-electron chi connectivity index (χ4n) is 2.62. The first kappa shape index (κ1) is 22.1. The highest BCUT2D eigenvalue weighted by atomic mass is 16.5. The van der Waals surface area contributed by atoms with E-state index in [1.807, 2.05) is 19.1 Å². The third-order valence-corrected chi connectivity index (χ3v) is 4.40. The van der Waals surface area contributed by atoms with Crippen molar-refractivity contribution in [1.29, 1.82) is 0 Å². The number of aryl methyl sites for hydroxylation is 3. The van der Waals surface area contributed by atoms with Crippen LogP contribution in [0.5, 0.6) is 0 Å². The van der Waals surface area contributed by atoms with Crippen molar-refractivity contribution in [3.63, 3.8) is 0 Å². The Morgan fingerprint density at radius 1 is 0.897 bits per heavy atom. The maximum Gasteiger partial charge on any atom is 0.226 e. The molecule has 3 aromatic rings. The van der Waals surface area contributed by atoms with Crippen molar-refractivity contribution in [1.82, 2.24) is 15.1 Å². The maximum atomic E-state index is 5.59. The molecule has 7 nitrogen and oxygen atoms in total. The quantitative estimate of drug-likeness (QED) is 0.274. The molecule has 29 heavy (non-hydrogen) atoms. The van der Waals surface area contributed by atoms with Crippen molar-refractivity contribution in [2.45, 2.75) is 46.6 Å². The van der Waals surface area contributed by atoms with Gasteiger partial charge in [-0.3, -0.25) is 5.01 Å². The Hall–Kier alpha value is -3.19. The van der Waals surface area contributed by atoms with Crippen LogP contribution >= 0.6 is 0 Å². The monoisotopic (exact) mass is 394 g/mol. The number of nitrogens with two attached hydrogens (primary N) is 2. The van der Waals surface area contributed by atoms with Gasteiger partial charge in [-0.1, -0.05) is 74.5 Å². The molecule has 0 aliphatic rings. The molecule has 0 fully saturated rings. The van der Waals surface area contributed by atoms with Crippen LogP contribution in [-0.4, -0.2) is 21.5 Å². The number of rotatable bonds is 7. The van der Waals surface area contributed by atoms with Gasteiger partial charge in [0.25, 0.3) is 0 Å². The lowest BCUT2D eigenvalue weighted by atomic mass is 10.1. The molecule has 0 unspecified atom stereocenters. The molecule has 3 rings (SSSR count). The Kier molecular flexibility index (Phi) is 8.85. The van der Waals surface area contributed by atoms with E-state index >= 15 is 0 Å². The molecule has 0 bridgehead atoms. The number of benzene rings is 2. The Morgan fingerprint density at radius 3 is 1.93 bits per heavy atom. The van der Waals surface area contributed by atoms with Crippen LogP contribution in [-0.2, 0) is 25.8 Å². The van der Waals surface area contributed by atoms with E-state index in [1.165, 1.54) is 22.5 Å². The van der Waals surface area contributed by atoms with Gasteiger partial charge in [0.2, 0.25) is 11.7 Å². The summed E-state index contributed by atoms with van der Waals surface area (Å²) in [5.41, 5.74) is 4.79. The van der Waals surface area contributed by atoms with Crippen LogP contribution in [0.1, 0.15) is 43.4 Å². The van der Waals surface area contributed by atoms with Gasteiger partial charge in [0.05, 0.1) is 6.54 Å². The van der Waals surface area contributed by atoms with Gasteiger partial charge in [-0.15, -0.1) is 0 Å². The van der Waals surface area contributed by atoms with Gasteiger partial charge < -0.3 is 10.4 Å². The third kappa shape index (κ3) is 7.04. The van der Waals surface area contributed by atoms with Crippen molar-refractivity contribution in [3.8, 4) is 11.4 Å². The van der Waals surface area contributed by atoms with Crippen LogP contribution in [0.15, 0.2) is 58.2 Å².